The molecule has 1 unspecified atom stereocenters. The van der Waals surface area contributed by atoms with E-state index >= 15 is 0 Å². The summed E-state index contributed by atoms with van der Waals surface area (Å²) in [6, 6.07) is 6.72. The highest BCUT2D eigenvalue weighted by atomic mass is 19.1. The van der Waals surface area contributed by atoms with Crippen molar-refractivity contribution in [3.05, 3.63) is 35.6 Å². The van der Waals surface area contributed by atoms with Gasteiger partial charge in [-0.3, -0.25) is 0 Å². The molecule has 1 aromatic carbocycles. The minimum atomic E-state index is -0.184. The monoisotopic (exact) mass is 197 g/mol. The molecule has 0 amide bonds. The Morgan fingerprint density at radius 3 is 2.79 bits per heavy atom. The fourth-order valence-corrected chi connectivity index (χ4v) is 1.33. The van der Waals surface area contributed by atoms with Crippen molar-refractivity contribution in [1.82, 2.24) is 5.32 Å². The first-order valence-corrected chi connectivity index (χ1v) is 4.84. The van der Waals surface area contributed by atoms with Crippen LogP contribution in [0.2, 0.25) is 0 Å². The van der Waals surface area contributed by atoms with Crippen molar-refractivity contribution in [3.8, 4) is 0 Å². The Morgan fingerprint density at radius 2 is 2.14 bits per heavy atom. The van der Waals surface area contributed by atoms with E-state index in [4.69, 9.17) is 5.11 Å². The van der Waals surface area contributed by atoms with E-state index in [1.165, 1.54) is 6.07 Å². The highest BCUT2D eigenvalue weighted by Crippen LogP contribution is 2.15. The number of aliphatic hydroxyl groups is 1. The molecular formula is C11H16FNO. The number of hydrogen-bond acceptors (Lipinski definition) is 2. The summed E-state index contributed by atoms with van der Waals surface area (Å²) in [6.45, 7) is 2.78. The van der Waals surface area contributed by atoms with E-state index in [2.05, 4.69) is 5.32 Å². The number of nitrogens with one attached hydrogen (secondary N) is 1. The van der Waals surface area contributed by atoms with Gasteiger partial charge < -0.3 is 10.4 Å². The number of hydrogen-bond donors (Lipinski definition) is 2. The van der Waals surface area contributed by atoms with Crippen LogP contribution < -0.4 is 5.32 Å². The van der Waals surface area contributed by atoms with Gasteiger partial charge in [-0.05, 0) is 26.0 Å². The summed E-state index contributed by atoms with van der Waals surface area (Å²) in [6.07, 6.45) is 0.693. The van der Waals surface area contributed by atoms with E-state index in [-0.39, 0.29) is 18.5 Å². The van der Waals surface area contributed by atoms with E-state index < -0.39 is 0 Å². The van der Waals surface area contributed by atoms with Gasteiger partial charge in [0.15, 0.2) is 0 Å². The van der Waals surface area contributed by atoms with Gasteiger partial charge in [0.1, 0.15) is 5.82 Å². The molecule has 78 valence electrons. The Morgan fingerprint density at radius 1 is 1.43 bits per heavy atom. The van der Waals surface area contributed by atoms with Crippen molar-refractivity contribution in [3.63, 3.8) is 0 Å². The molecule has 0 heterocycles. The maximum Gasteiger partial charge on any atom is 0.127 e. The fraction of sp³-hybridized carbons (Fsp3) is 0.455. The predicted molar refractivity (Wildman–Crippen MR) is 54.5 cm³/mol. The van der Waals surface area contributed by atoms with Gasteiger partial charge in [0.25, 0.3) is 0 Å². The summed E-state index contributed by atoms with van der Waals surface area (Å²) in [5, 5.41) is 11.7. The molecule has 0 aliphatic heterocycles. The van der Waals surface area contributed by atoms with Gasteiger partial charge in [0.05, 0.1) is 0 Å². The molecule has 1 atom stereocenters. The Labute approximate surface area is 83.8 Å². The topological polar surface area (TPSA) is 32.3 Å². The quantitative estimate of drug-likeness (QED) is 0.706. The van der Waals surface area contributed by atoms with Crippen molar-refractivity contribution >= 4 is 0 Å². The molecule has 2 N–H and O–H groups in total. The van der Waals surface area contributed by atoms with Gasteiger partial charge >= 0.3 is 0 Å². The van der Waals surface area contributed by atoms with Crippen molar-refractivity contribution in [1.29, 1.82) is 0 Å². The summed E-state index contributed by atoms with van der Waals surface area (Å²) in [4.78, 5) is 0. The van der Waals surface area contributed by atoms with Gasteiger partial charge in [0.2, 0.25) is 0 Å². The molecule has 14 heavy (non-hydrogen) atoms. The normalized spacial score (nSPS) is 12.8. The molecule has 0 bridgehead atoms. The van der Waals surface area contributed by atoms with E-state index in [0.717, 1.165) is 0 Å². The lowest BCUT2D eigenvalue weighted by Crippen LogP contribution is -2.21. The Kier molecular flexibility index (Phi) is 4.56. The molecule has 0 aromatic heterocycles. The van der Waals surface area contributed by atoms with Crippen LogP contribution in [0.5, 0.6) is 0 Å². The molecule has 0 saturated carbocycles. The summed E-state index contributed by atoms with van der Waals surface area (Å²) in [5.74, 6) is -0.184. The van der Waals surface area contributed by atoms with E-state index in [9.17, 15) is 4.39 Å². The Balaban J connectivity index is 2.51. The minimum Gasteiger partial charge on any atom is -0.396 e. The summed E-state index contributed by atoms with van der Waals surface area (Å²) in [7, 11) is 0. The minimum absolute atomic E-state index is 0.0113. The first-order valence-electron chi connectivity index (χ1n) is 4.84. The summed E-state index contributed by atoms with van der Waals surface area (Å²) < 4.78 is 13.3. The molecule has 0 spiro atoms. The van der Waals surface area contributed by atoms with Crippen LogP contribution in [0.25, 0.3) is 0 Å². The van der Waals surface area contributed by atoms with Crippen molar-refractivity contribution < 1.29 is 9.50 Å². The molecule has 1 rings (SSSR count). The van der Waals surface area contributed by atoms with E-state index in [1.54, 1.807) is 12.1 Å². The van der Waals surface area contributed by atoms with Crippen LogP contribution in [0.3, 0.4) is 0 Å². The highest BCUT2D eigenvalue weighted by Gasteiger charge is 2.08. The molecule has 0 aliphatic carbocycles. The molecule has 0 aliphatic rings. The second-order valence-corrected chi connectivity index (χ2v) is 3.27. The third kappa shape index (κ3) is 3.09. The Bertz CT molecular complexity index is 278. The standard InChI is InChI=1S/C11H16FNO/c1-9(13-7-4-8-14)10-5-2-3-6-11(10)12/h2-3,5-6,9,13-14H,4,7-8H2,1H3. The maximum atomic E-state index is 13.3. The second kappa shape index (κ2) is 5.73. The lowest BCUT2D eigenvalue weighted by atomic mass is 10.1. The van der Waals surface area contributed by atoms with Crippen LogP contribution in [0, 0.1) is 5.82 Å². The van der Waals surface area contributed by atoms with Crippen LogP contribution in [-0.4, -0.2) is 18.3 Å². The van der Waals surface area contributed by atoms with Crippen LogP contribution in [0.4, 0.5) is 4.39 Å². The number of rotatable bonds is 5. The lowest BCUT2D eigenvalue weighted by molar-refractivity contribution is 0.283. The summed E-state index contributed by atoms with van der Waals surface area (Å²) in [5.41, 5.74) is 0.672. The van der Waals surface area contributed by atoms with Crippen molar-refractivity contribution in [2.45, 2.75) is 19.4 Å². The zero-order valence-corrected chi connectivity index (χ0v) is 8.33. The van der Waals surface area contributed by atoms with Gasteiger partial charge in [-0.2, -0.15) is 0 Å². The molecule has 0 radical (unpaired) electrons. The number of halogens is 1. The van der Waals surface area contributed by atoms with Crippen LogP contribution in [0.1, 0.15) is 24.9 Å². The van der Waals surface area contributed by atoms with Crippen LogP contribution in [0.15, 0.2) is 24.3 Å². The average Bonchev–Trinajstić information content (AvgIpc) is 2.18. The fourth-order valence-electron chi connectivity index (χ4n) is 1.33. The van der Waals surface area contributed by atoms with Crippen LogP contribution >= 0.6 is 0 Å². The molecule has 0 saturated heterocycles. The van der Waals surface area contributed by atoms with E-state index in [1.807, 2.05) is 13.0 Å². The van der Waals surface area contributed by atoms with E-state index in [0.29, 0.717) is 18.5 Å². The SMILES string of the molecule is CC(NCCCO)c1ccccc1F. The second-order valence-electron chi connectivity index (χ2n) is 3.27. The zero-order valence-electron chi connectivity index (χ0n) is 8.33. The summed E-state index contributed by atoms with van der Waals surface area (Å²) >= 11 is 0. The molecule has 2 nitrogen and oxygen atoms in total. The maximum absolute atomic E-state index is 13.3. The smallest absolute Gasteiger partial charge is 0.127 e. The van der Waals surface area contributed by atoms with Crippen LogP contribution in [-0.2, 0) is 0 Å². The molecule has 3 heteroatoms. The van der Waals surface area contributed by atoms with Gasteiger partial charge in [-0.1, -0.05) is 18.2 Å². The Hall–Kier alpha value is -0.930. The van der Waals surface area contributed by atoms with Gasteiger partial charge in [-0.25, -0.2) is 4.39 Å². The van der Waals surface area contributed by atoms with Crippen molar-refractivity contribution in [2.24, 2.45) is 0 Å². The first-order chi connectivity index (χ1) is 6.75. The molecular weight excluding hydrogens is 181 g/mol. The largest absolute Gasteiger partial charge is 0.396 e. The van der Waals surface area contributed by atoms with Crippen molar-refractivity contribution in [2.75, 3.05) is 13.2 Å². The highest BCUT2D eigenvalue weighted by molar-refractivity contribution is 5.20. The first kappa shape index (κ1) is 11.1. The number of aliphatic hydroxyl groups excluding tert-OH is 1. The van der Waals surface area contributed by atoms with Gasteiger partial charge in [-0.15, -0.1) is 0 Å². The number of benzene rings is 1. The molecule has 1 aromatic rings. The molecule has 0 fully saturated rings. The lowest BCUT2D eigenvalue weighted by Gasteiger charge is -2.14. The van der Waals surface area contributed by atoms with Gasteiger partial charge in [0, 0.05) is 18.2 Å². The third-order valence-electron chi connectivity index (χ3n) is 2.16. The predicted octanol–water partition coefficient (Wildman–Crippen LogP) is 1.86. The zero-order chi connectivity index (χ0) is 10.4. The average molecular weight is 197 g/mol. The third-order valence-corrected chi connectivity index (χ3v) is 2.16.